The summed E-state index contributed by atoms with van der Waals surface area (Å²) >= 11 is 0. The summed E-state index contributed by atoms with van der Waals surface area (Å²) < 4.78 is 56.6. The Morgan fingerprint density at radius 2 is 1.71 bits per heavy atom. The van der Waals surface area contributed by atoms with E-state index in [2.05, 4.69) is 5.16 Å². The van der Waals surface area contributed by atoms with Crippen molar-refractivity contribution < 1.29 is 26.9 Å². The van der Waals surface area contributed by atoms with Crippen molar-refractivity contribution in [1.29, 1.82) is 0 Å². The van der Waals surface area contributed by atoms with Crippen LogP contribution in [0, 0.1) is 5.82 Å². The highest BCUT2D eigenvalue weighted by Gasteiger charge is 2.31. The lowest BCUT2D eigenvalue weighted by atomic mass is 10.0. The van der Waals surface area contributed by atoms with Crippen molar-refractivity contribution in [3.8, 4) is 11.3 Å². The third-order valence-corrected chi connectivity index (χ3v) is 4.69. The largest absolute Gasteiger partial charge is 0.416 e. The summed E-state index contributed by atoms with van der Waals surface area (Å²) in [6.07, 6.45) is -3.99. The number of carbonyl (C=O) groups excluding carboxylic acids is 1. The Balaban J connectivity index is 1.57. The van der Waals surface area contributed by atoms with Gasteiger partial charge in [0.15, 0.2) is 5.76 Å². The molecule has 3 aromatic rings. The molecule has 1 amide bonds. The van der Waals surface area contributed by atoms with Crippen LogP contribution in [-0.4, -0.2) is 22.5 Å². The van der Waals surface area contributed by atoms with Gasteiger partial charge in [-0.05, 0) is 48.5 Å². The monoisotopic (exact) mass is 390 g/mol. The van der Waals surface area contributed by atoms with Gasteiger partial charge in [0.25, 0.3) is 5.91 Å². The lowest BCUT2D eigenvalue weighted by Crippen LogP contribution is -2.36. The second-order valence-corrected chi connectivity index (χ2v) is 6.50. The standard InChI is InChI=1S/C20H14F4N2O2/c21-15-7-3-12(4-8-15)18-16-11-26(10-9-17(16)25-28-18)19(27)13-1-5-14(6-2-13)20(22,23)24/h1-8H,9-11H2. The topological polar surface area (TPSA) is 46.3 Å². The number of fused-ring (bicyclic) bond motifs is 1. The highest BCUT2D eigenvalue weighted by atomic mass is 19.4. The number of alkyl halides is 3. The number of halogens is 4. The van der Waals surface area contributed by atoms with Crippen molar-refractivity contribution in [1.82, 2.24) is 10.1 Å². The first-order valence-corrected chi connectivity index (χ1v) is 8.53. The molecule has 0 N–H and O–H groups in total. The van der Waals surface area contributed by atoms with E-state index in [0.717, 1.165) is 23.4 Å². The van der Waals surface area contributed by atoms with Gasteiger partial charge in [0.2, 0.25) is 0 Å². The van der Waals surface area contributed by atoms with Crippen LogP contribution in [0.25, 0.3) is 11.3 Å². The first-order chi connectivity index (χ1) is 13.3. The third-order valence-electron chi connectivity index (χ3n) is 4.69. The molecule has 28 heavy (non-hydrogen) atoms. The smallest absolute Gasteiger partial charge is 0.356 e. The number of hydrogen-bond donors (Lipinski definition) is 0. The molecule has 0 spiro atoms. The first-order valence-electron chi connectivity index (χ1n) is 8.53. The summed E-state index contributed by atoms with van der Waals surface area (Å²) in [5, 5.41) is 4.03. The van der Waals surface area contributed by atoms with Gasteiger partial charge >= 0.3 is 6.18 Å². The molecule has 2 aromatic carbocycles. The molecular formula is C20H14F4N2O2. The zero-order chi connectivity index (χ0) is 19.9. The average Bonchev–Trinajstić information content (AvgIpc) is 3.10. The Morgan fingerprint density at radius 1 is 1.04 bits per heavy atom. The predicted molar refractivity (Wildman–Crippen MR) is 91.8 cm³/mol. The fraction of sp³-hybridized carbons (Fsp3) is 0.200. The first kappa shape index (κ1) is 18.2. The lowest BCUT2D eigenvalue weighted by Gasteiger charge is -2.26. The second kappa shape index (κ2) is 6.78. The van der Waals surface area contributed by atoms with Gasteiger partial charge < -0.3 is 9.42 Å². The molecule has 0 aliphatic carbocycles. The minimum atomic E-state index is -4.45. The molecule has 0 radical (unpaired) electrons. The van der Waals surface area contributed by atoms with E-state index in [4.69, 9.17) is 4.52 Å². The highest BCUT2D eigenvalue weighted by Crippen LogP contribution is 2.32. The molecule has 0 saturated carbocycles. The molecule has 4 nitrogen and oxygen atoms in total. The third kappa shape index (κ3) is 3.37. The lowest BCUT2D eigenvalue weighted by molar-refractivity contribution is -0.137. The van der Waals surface area contributed by atoms with E-state index >= 15 is 0 Å². The molecule has 1 aliphatic rings. The summed E-state index contributed by atoms with van der Waals surface area (Å²) in [4.78, 5) is 14.3. The molecule has 0 bridgehead atoms. The van der Waals surface area contributed by atoms with Crippen LogP contribution in [0.2, 0.25) is 0 Å². The quantitative estimate of drug-likeness (QED) is 0.596. The molecule has 1 aromatic heterocycles. The van der Waals surface area contributed by atoms with E-state index in [1.165, 1.54) is 29.2 Å². The Kier molecular flexibility index (Phi) is 4.41. The van der Waals surface area contributed by atoms with Gasteiger partial charge in [-0.2, -0.15) is 13.2 Å². The van der Waals surface area contributed by atoms with Gasteiger partial charge in [-0.25, -0.2) is 4.39 Å². The van der Waals surface area contributed by atoms with Gasteiger partial charge in [-0.15, -0.1) is 0 Å². The predicted octanol–water partition coefficient (Wildman–Crippen LogP) is 4.70. The van der Waals surface area contributed by atoms with Gasteiger partial charge in [-0.3, -0.25) is 4.79 Å². The maximum Gasteiger partial charge on any atom is 0.416 e. The molecule has 0 unspecified atom stereocenters. The number of carbonyl (C=O) groups is 1. The molecule has 2 heterocycles. The van der Waals surface area contributed by atoms with Crippen molar-refractivity contribution in [2.24, 2.45) is 0 Å². The van der Waals surface area contributed by atoms with E-state index in [-0.39, 0.29) is 23.8 Å². The van der Waals surface area contributed by atoms with Gasteiger partial charge in [0.1, 0.15) is 5.82 Å². The van der Waals surface area contributed by atoms with Gasteiger partial charge in [0.05, 0.1) is 17.8 Å². The van der Waals surface area contributed by atoms with Crippen LogP contribution in [-0.2, 0) is 19.1 Å². The number of benzene rings is 2. The summed E-state index contributed by atoms with van der Waals surface area (Å²) in [5.74, 6) is -0.290. The van der Waals surface area contributed by atoms with E-state index in [9.17, 15) is 22.4 Å². The zero-order valence-corrected chi connectivity index (χ0v) is 14.5. The van der Waals surface area contributed by atoms with Crippen molar-refractivity contribution in [3.05, 3.63) is 76.7 Å². The van der Waals surface area contributed by atoms with Crippen LogP contribution in [0.4, 0.5) is 17.6 Å². The molecule has 4 rings (SSSR count). The number of nitrogens with zero attached hydrogens (tertiary/aromatic N) is 2. The van der Waals surface area contributed by atoms with E-state index in [1.54, 1.807) is 12.1 Å². The molecule has 1 aliphatic heterocycles. The number of rotatable bonds is 2. The number of aromatic nitrogens is 1. The van der Waals surface area contributed by atoms with Crippen LogP contribution >= 0.6 is 0 Å². The van der Waals surface area contributed by atoms with Crippen LogP contribution in [0.15, 0.2) is 53.1 Å². The van der Waals surface area contributed by atoms with Crippen LogP contribution < -0.4 is 0 Å². The van der Waals surface area contributed by atoms with Crippen molar-refractivity contribution >= 4 is 5.91 Å². The van der Waals surface area contributed by atoms with E-state index < -0.39 is 11.7 Å². The van der Waals surface area contributed by atoms with E-state index in [0.29, 0.717) is 24.3 Å². The van der Waals surface area contributed by atoms with Gasteiger partial charge in [0, 0.05) is 29.7 Å². The molecule has 8 heteroatoms. The van der Waals surface area contributed by atoms with Gasteiger partial charge in [-0.1, -0.05) is 5.16 Å². The zero-order valence-electron chi connectivity index (χ0n) is 14.5. The summed E-state index contributed by atoms with van der Waals surface area (Å²) in [5.41, 5.74) is 1.45. The Bertz CT molecular complexity index is 1010. The number of amides is 1. The number of hydrogen-bond acceptors (Lipinski definition) is 3. The molecule has 0 saturated heterocycles. The van der Waals surface area contributed by atoms with Crippen molar-refractivity contribution in [3.63, 3.8) is 0 Å². The molecular weight excluding hydrogens is 376 g/mol. The van der Waals surface area contributed by atoms with Crippen LogP contribution in [0.5, 0.6) is 0 Å². The normalized spacial score (nSPS) is 14.1. The average molecular weight is 390 g/mol. The van der Waals surface area contributed by atoms with Crippen LogP contribution in [0.3, 0.4) is 0 Å². The fourth-order valence-electron chi connectivity index (χ4n) is 3.20. The maximum absolute atomic E-state index is 13.2. The SMILES string of the molecule is O=C(c1ccc(C(F)(F)F)cc1)N1CCc2noc(-c3ccc(F)cc3)c2C1. The van der Waals surface area contributed by atoms with Crippen molar-refractivity contribution in [2.75, 3.05) is 6.54 Å². The molecule has 0 atom stereocenters. The molecule has 144 valence electrons. The Labute approximate surface area is 157 Å². The van der Waals surface area contributed by atoms with Crippen LogP contribution in [0.1, 0.15) is 27.2 Å². The Morgan fingerprint density at radius 3 is 2.36 bits per heavy atom. The van der Waals surface area contributed by atoms with E-state index in [1.807, 2.05) is 0 Å². The fourth-order valence-corrected chi connectivity index (χ4v) is 3.20. The van der Waals surface area contributed by atoms with Crippen molar-refractivity contribution in [2.45, 2.75) is 19.1 Å². The molecule has 0 fully saturated rings. The summed E-state index contributed by atoms with van der Waals surface area (Å²) in [7, 11) is 0. The Hall–Kier alpha value is -3.16. The second-order valence-electron chi connectivity index (χ2n) is 6.50. The highest BCUT2D eigenvalue weighted by molar-refractivity contribution is 5.94. The maximum atomic E-state index is 13.2. The summed E-state index contributed by atoms with van der Waals surface area (Å²) in [6, 6.07) is 9.87. The minimum Gasteiger partial charge on any atom is -0.356 e. The summed E-state index contributed by atoms with van der Waals surface area (Å²) in [6.45, 7) is 0.591. The minimum absolute atomic E-state index is 0.177.